The summed E-state index contributed by atoms with van der Waals surface area (Å²) in [5, 5.41) is 0. The Kier molecular flexibility index (Phi) is 7.62. The van der Waals surface area contributed by atoms with Crippen molar-refractivity contribution in [3.05, 3.63) is 76.9 Å². The molecule has 0 saturated heterocycles. The van der Waals surface area contributed by atoms with Crippen molar-refractivity contribution < 1.29 is 13.5 Å². The Morgan fingerprint density at radius 2 is 1.86 bits per heavy atom. The number of hydrogen-bond acceptors (Lipinski definition) is 1. The van der Waals surface area contributed by atoms with Crippen molar-refractivity contribution in [2.24, 2.45) is 5.92 Å². The Hall–Kier alpha value is -2.42. The van der Waals surface area contributed by atoms with Crippen LogP contribution >= 0.6 is 0 Å². The molecule has 1 nitrogen and oxygen atoms in total. The van der Waals surface area contributed by atoms with Crippen molar-refractivity contribution in [1.29, 1.82) is 0 Å². The van der Waals surface area contributed by atoms with Crippen LogP contribution in [0.5, 0.6) is 5.75 Å². The summed E-state index contributed by atoms with van der Waals surface area (Å²) in [5.74, 6) is -0.933. The first kappa shape index (κ1) is 21.3. The average molecular weight is 397 g/mol. The van der Waals surface area contributed by atoms with Crippen LogP contribution in [0, 0.1) is 17.6 Å². The smallest absolute Gasteiger partial charge is 0.200 e. The number of hydrogen-bond donors (Lipinski definition) is 0. The number of rotatable bonds is 8. The van der Waals surface area contributed by atoms with Gasteiger partial charge in [-0.05, 0) is 66.4 Å². The quantitative estimate of drug-likeness (QED) is 0.446. The molecule has 2 aromatic carbocycles. The van der Waals surface area contributed by atoms with E-state index in [1.165, 1.54) is 56.4 Å². The maximum Gasteiger partial charge on any atom is 0.200 e. The summed E-state index contributed by atoms with van der Waals surface area (Å²) in [7, 11) is 1.33. The molecule has 0 spiro atoms. The predicted octanol–water partition coefficient (Wildman–Crippen LogP) is 7.60. The Balaban J connectivity index is 1.54. The molecule has 0 saturated carbocycles. The fourth-order valence-corrected chi connectivity index (χ4v) is 4.01. The van der Waals surface area contributed by atoms with E-state index in [0.717, 1.165) is 11.5 Å². The third kappa shape index (κ3) is 5.56. The van der Waals surface area contributed by atoms with E-state index < -0.39 is 11.6 Å². The molecule has 3 heteroatoms. The topological polar surface area (TPSA) is 9.23 Å². The minimum Gasteiger partial charge on any atom is -0.494 e. The van der Waals surface area contributed by atoms with Crippen molar-refractivity contribution in [2.75, 3.05) is 7.11 Å². The first-order valence-corrected chi connectivity index (χ1v) is 10.6. The lowest BCUT2D eigenvalue weighted by Gasteiger charge is -2.21. The summed E-state index contributed by atoms with van der Waals surface area (Å²) in [6, 6.07) is 11.7. The van der Waals surface area contributed by atoms with Gasteiger partial charge < -0.3 is 4.74 Å². The summed E-state index contributed by atoms with van der Waals surface area (Å²) in [5.41, 5.74) is 4.27. The van der Waals surface area contributed by atoms with E-state index in [0.29, 0.717) is 18.4 Å². The van der Waals surface area contributed by atoms with Crippen molar-refractivity contribution in [2.45, 2.75) is 51.9 Å². The van der Waals surface area contributed by atoms with Crippen LogP contribution in [0.15, 0.2) is 48.6 Å². The summed E-state index contributed by atoms with van der Waals surface area (Å²) in [6.07, 6.45) is 13.8. The van der Waals surface area contributed by atoms with Crippen molar-refractivity contribution in [3.63, 3.8) is 0 Å². The summed E-state index contributed by atoms with van der Waals surface area (Å²) in [4.78, 5) is 0. The minimum atomic E-state index is -0.914. The molecule has 0 fully saturated rings. The number of benzene rings is 2. The Bertz CT molecular complexity index is 865. The minimum absolute atomic E-state index is 0.0594. The lowest BCUT2D eigenvalue weighted by Crippen LogP contribution is -2.04. The SMILES string of the molecule is CCCC1CC=C(c2ccc(C=CCCc3ccc(OC)c(F)c3F)cc2)CC1. The van der Waals surface area contributed by atoms with E-state index in [1.807, 2.05) is 12.2 Å². The highest BCUT2D eigenvalue weighted by Crippen LogP contribution is 2.32. The number of methoxy groups -OCH3 is 1. The normalized spacial score (nSPS) is 16.8. The molecule has 1 unspecified atom stereocenters. The third-order valence-electron chi connectivity index (χ3n) is 5.74. The van der Waals surface area contributed by atoms with Crippen molar-refractivity contribution >= 4 is 11.6 Å². The lowest BCUT2D eigenvalue weighted by molar-refractivity contribution is 0.370. The zero-order chi connectivity index (χ0) is 20.6. The number of allylic oxidation sites excluding steroid dienone is 3. The fourth-order valence-electron chi connectivity index (χ4n) is 4.01. The molecule has 0 bridgehead atoms. The van der Waals surface area contributed by atoms with Crippen LogP contribution in [-0.2, 0) is 6.42 Å². The maximum atomic E-state index is 14.0. The summed E-state index contributed by atoms with van der Waals surface area (Å²) in [6.45, 7) is 2.26. The van der Waals surface area contributed by atoms with E-state index in [1.54, 1.807) is 6.07 Å². The standard InChI is InChI=1S/C26H30F2O/c1-3-6-19-9-13-21(14-10-19)22-15-11-20(12-16-22)7-4-5-8-23-17-18-24(29-2)26(28)25(23)27/h4,7,11-13,15-19H,3,5-6,8-10,14H2,1-2H3. The maximum absolute atomic E-state index is 14.0. The third-order valence-corrected chi connectivity index (χ3v) is 5.74. The largest absolute Gasteiger partial charge is 0.494 e. The van der Waals surface area contributed by atoms with Crippen LogP contribution in [-0.4, -0.2) is 7.11 Å². The summed E-state index contributed by atoms with van der Waals surface area (Å²) >= 11 is 0. The molecule has 0 radical (unpaired) electrons. The fraction of sp³-hybridized carbons (Fsp3) is 0.385. The molecular formula is C26H30F2O. The molecule has 1 aliphatic rings. The predicted molar refractivity (Wildman–Crippen MR) is 117 cm³/mol. The lowest BCUT2D eigenvalue weighted by atomic mass is 9.84. The molecule has 1 atom stereocenters. The zero-order valence-corrected chi connectivity index (χ0v) is 17.4. The first-order valence-electron chi connectivity index (χ1n) is 10.6. The molecular weight excluding hydrogens is 366 g/mol. The van der Waals surface area contributed by atoms with Gasteiger partial charge in [0.05, 0.1) is 7.11 Å². The van der Waals surface area contributed by atoms with Crippen molar-refractivity contribution in [3.8, 4) is 5.75 Å². The van der Waals surface area contributed by atoms with Crippen LogP contribution in [0.1, 0.15) is 62.1 Å². The second-order valence-electron chi connectivity index (χ2n) is 7.78. The van der Waals surface area contributed by atoms with E-state index in [9.17, 15) is 8.78 Å². The molecule has 0 N–H and O–H groups in total. The van der Waals surface area contributed by atoms with Crippen molar-refractivity contribution in [1.82, 2.24) is 0 Å². The summed E-state index contributed by atoms with van der Waals surface area (Å²) < 4.78 is 32.6. The van der Waals surface area contributed by atoms with Gasteiger partial charge in [0.25, 0.3) is 0 Å². The average Bonchev–Trinajstić information content (AvgIpc) is 2.75. The first-order chi connectivity index (χ1) is 14.1. The van der Waals surface area contributed by atoms with Crippen LogP contribution in [0.25, 0.3) is 11.6 Å². The number of ether oxygens (including phenoxy) is 1. The second kappa shape index (κ2) is 10.4. The molecule has 0 heterocycles. The number of aryl methyl sites for hydroxylation is 1. The van der Waals surface area contributed by atoms with Crippen LogP contribution < -0.4 is 4.74 Å². The van der Waals surface area contributed by atoms with Gasteiger partial charge in [0.1, 0.15) is 0 Å². The van der Waals surface area contributed by atoms with Gasteiger partial charge in [-0.25, -0.2) is 4.39 Å². The van der Waals surface area contributed by atoms with Gasteiger partial charge in [-0.1, -0.05) is 68.3 Å². The van der Waals surface area contributed by atoms with E-state index in [4.69, 9.17) is 4.74 Å². The molecule has 29 heavy (non-hydrogen) atoms. The Morgan fingerprint density at radius 1 is 1.07 bits per heavy atom. The molecule has 3 rings (SSSR count). The van der Waals surface area contributed by atoms with Gasteiger partial charge in [0.15, 0.2) is 11.6 Å². The zero-order valence-electron chi connectivity index (χ0n) is 17.4. The highest BCUT2D eigenvalue weighted by Gasteiger charge is 2.15. The molecule has 154 valence electrons. The molecule has 0 amide bonds. The van der Waals surface area contributed by atoms with Crippen LogP contribution in [0.2, 0.25) is 0 Å². The molecule has 1 aliphatic carbocycles. The highest BCUT2D eigenvalue weighted by atomic mass is 19.2. The highest BCUT2D eigenvalue weighted by molar-refractivity contribution is 5.67. The van der Waals surface area contributed by atoms with Gasteiger partial charge in [-0.15, -0.1) is 0 Å². The van der Waals surface area contributed by atoms with E-state index in [2.05, 4.69) is 37.3 Å². The van der Waals surface area contributed by atoms with Gasteiger partial charge in [-0.2, -0.15) is 4.39 Å². The number of halogens is 2. The van der Waals surface area contributed by atoms with Gasteiger partial charge in [0.2, 0.25) is 5.82 Å². The Morgan fingerprint density at radius 3 is 2.52 bits per heavy atom. The molecule has 0 aliphatic heterocycles. The van der Waals surface area contributed by atoms with E-state index in [-0.39, 0.29) is 5.75 Å². The van der Waals surface area contributed by atoms with Crippen LogP contribution in [0.3, 0.4) is 0 Å². The van der Waals surface area contributed by atoms with Gasteiger partial charge in [0, 0.05) is 0 Å². The monoisotopic (exact) mass is 396 g/mol. The Labute approximate surface area is 173 Å². The van der Waals surface area contributed by atoms with Gasteiger partial charge in [-0.3, -0.25) is 0 Å². The molecule has 0 aromatic heterocycles. The van der Waals surface area contributed by atoms with E-state index >= 15 is 0 Å². The van der Waals surface area contributed by atoms with Gasteiger partial charge >= 0.3 is 0 Å². The van der Waals surface area contributed by atoms with Crippen LogP contribution in [0.4, 0.5) is 8.78 Å². The second-order valence-corrected chi connectivity index (χ2v) is 7.78. The molecule has 2 aromatic rings.